The molecule has 1 aliphatic rings. The second kappa shape index (κ2) is 6.78. The minimum atomic E-state index is -0.518. The van der Waals surface area contributed by atoms with Gasteiger partial charge in [-0.3, -0.25) is 0 Å². The van der Waals surface area contributed by atoms with Gasteiger partial charge in [-0.2, -0.15) is 0 Å². The zero-order valence-corrected chi connectivity index (χ0v) is 14.3. The van der Waals surface area contributed by atoms with E-state index in [1.54, 1.807) is 0 Å². The standard InChI is InChI=1S/C16H23BrClNO/c1-2-11-4-3-7-16(9-11,10-19)15(20)12-5-6-14(18)13(17)8-12/h5-6,8,11,15,20H,2-4,7,9-10,19H2,1H3. The lowest BCUT2D eigenvalue weighted by Gasteiger charge is -2.43. The van der Waals surface area contributed by atoms with Gasteiger partial charge in [0.05, 0.1) is 11.1 Å². The Bertz CT molecular complexity index is 468. The molecule has 3 unspecified atom stereocenters. The molecule has 1 aliphatic carbocycles. The van der Waals surface area contributed by atoms with Crippen LogP contribution in [0.2, 0.25) is 5.02 Å². The fourth-order valence-electron chi connectivity index (χ4n) is 3.45. The van der Waals surface area contributed by atoms with Crippen LogP contribution in [0.1, 0.15) is 50.7 Å². The third kappa shape index (κ3) is 3.22. The van der Waals surface area contributed by atoms with Crippen LogP contribution in [0.25, 0.3) is 0 Å². The first kappa shape index (κ1) is 16.3. The first-order chi connectivity index (χ1) is 9.52. The van der Waals surface area contributed by atoms with Crippen molar-refractivity contribution in [2.24, 2.45) is 17.1 Å². The van der Waals surface area contributed by atoms with Gasteiger partial charge in [-0.15, -0.1) is 0 Å². The van der Waals surface area contributed by atoms with E-state index in [0.717, 1.165) is 29.3 Å². The largest absolute Gasteiger partial charge is 0.388 e. The number of halogens is 2. The first-order valence-corrected chi connectivity index (χ1v) is 8.52. The summed E-state index contributed by atoms with van der Waals surface area (Å²) in [5, 5.41) is 11.5. The molecule has 1 aromatic rings. The van der Waals surface area contributed by atoms with Gasteiger partial charge in [0.1, 0.15) is 0 Å². The van der Waals surface area contributed by atoms with E-state index in [4.69, 9.17) is 17.3 Å². The van der Waals surface area contributed by atoms with Gasteiger partial charge in [-0.05, 0) is 52.4 Å². The molecule has 1 saturated carbocycles. The number of nitrogens with two attached hydrogens (primary N) is 1. The van der Waals surface area contributed by atoms with Gasteiger partial charge < -0.3 is 10.8 Å². The molecule has 3 N–H and O–H groups in total. The summed E-state index contributed by atoms with van der Waals surface area (Å²) in [6.45, 7) is 2.76. The van der Waals surface area contributed by atoms with Crippen LogP contribution in [0.3, 0.4) is 0 Å². The maximum Gasteiger partial charge on any atom is 0.0858 e. The van der Waals surface area contributed by atoms with E-state index in [1.165, 1.54) is 12.8 Å². The average molecular weight is 361 g/mol. The van der Waals surface area contributed by atoms with Gasteiger partial charge >= 0.3 is 0 Å². The summed E-state index contributed by atoms with van der Waals surface area (Å²) in [5.41, 5.74) is 6.78. The average Bonchev–Trinajstić information content (AvgIpc) is 2.49. The van der Waals surface area contributed by atoms with Crippen molar-refractivity contribution in [2.75, 3.05) is 6.54 Å². The van der Waals surface area contributed by atoms with E-state index in [0.29, 0.717) is 17.5 Å². The highest BCUT2D eigenvalue weighted by molar-refractivity contribution is 9.10. The van der Waals surface area contributed by atoms with Crippen molar-refractivity contribution in [1.29, 1.82) is 0 Å². The number of rotatable bonds is 4. The zero-order valence-electron chi connectivity index (χ0n) is 11.9. The van der Waals surface area contributed by atoms with Gasteiger partial charge in [-0.1, -0.05) is 43.9 Å². The van der Waals surface area contributed by atoms with Crippen molar-refractivity contribution in [1.82, 2.24) is 0 Å². The maximum absolute atomic E-state index is 10.9. The topological polar surface area (TPSA) is 46.2 Å². The Morgan fingerprint density at radius 3 is 2.90 bits per heavy atom. The predicted octanol–water partition coefficient (Wildman–Crippen LogP) is 4.68. The molecule has 0 heterocycles. The molecular formula is C16H23BrClNO. The van der Waals surface area contributed by atoms with Crippen LogP contribution in [-0.4, -0.2) is 11.7 Å². The van der Waals surface area contributed by atoms with Crippen LogP contribution in [0.4, 0.5) is 0 Å². The lowest BCUT2D eigenvalue weighted by atomic mass is 9.64. The minimum absolute atomic E-state index is 0.188. The van der Waals surface area contributed by atoms with E-state index in [1.807, 2.05) is 18.2 Å². The number of benzene rings is 1. The second-order valence-corrected chi connectivity index (χ2v) is 7.27. The third-order valence-electron chi connectivity index (χ3n) is 4.81. The van der Waals surface area contributed by atoms with Crippen LogP contribution in [0.5, 0.6) is 0 Å². The molecule has 0 spiro atoms. The summed E-state index contributed by atoms with van der Waals surface area (Å²) < 4.78 is 0.825. The molecule has 0 radical (unpaired) electrons. The maximum atomic E-state index is 10.9. The van der Waals surface area contributed by atoms with Crippen LogP contribution < -0.4 is 5.73 Å². The molecule has 3 atom stereocenters. The summed E-state index contributed by atoms with van der Waals surface area (Å²) >= 11 is 9.46. The number of hydrogen-bond donors (Lipinski definition) is 2. The van der Waals surface area contributed by atoms with Gasteiger partial charge in [0, 0.05) is 16.4 Å². The summed E-state index contributed by atoms with van der Waals surface area (Å²) in [6.07, 6.45) is 5.08. The van der Waals surface area contributed by atoms with Gasteiger partial charge in [0.25, 0.3) is 0 Å². The molecule has 20 heavy (non-hydrogen) atoms. The van der Waals surface area contributed by atoms with Crippen molar-refractivity contribution in [3.05, 3.63) is 33.3 Å². The summed E-state index contributed by atoms with van der Waals surface area (Å²) in [7, 11) is 0. The minimum Gasteiger partial charge on any atom is -0.388 e. The molecule has 0 amide bonds. The Morgan fingerprint density at radius 1 is 1.55 bits per heavy atom. The van der Waals surface area contributed by atoms with Gasteiger partial charge in [0.15, 0.2) is 0 Å². The smallest absolute Gasteiger partial charge is 0.0858 e. The Balaban J connectivity index is 2.27. The van der Waals surface area contributed by atoms with E-state index < -0.39 is 6.10 Å². The van der Waals surface area contributed by atoms with Crippen LogP contribution in [0, 0.1) is 11.3 Å². The Labute approximate surface area is 134 Å². The lowest BCUT2D eigenvalue weighted by molar-refractivity contribution is -0.0162. The molecule has 0 bridgehead atoms. The Hall–Kier alpha value is -0.0900. The Morgan fingerprint density at radius 2 is 2.30 bits per heavy atom. The molecule has 1 fully saturated rings. The van der Waals surface area contributed by atoms with Crippen LogP contribution in [0.15, 0.2) is 22.7 Å². The van der Waals surface area contributed by atoms with E-state index in [2.05, 4.69) is 22.9 Å². The van der Waals surface area contributed by atoms with Gasteiger partial charge in [0.2, 0.25) is 0 Å². The highest BCUT2D eigenvalue weighted by atomic mass is 79.9. The monoisotopic (exact) mass is 359 g/mol. The zero-order chi connectivity index (χ0) is 14.8. The highest BCUT2D eigenvalue weighted by Gasteiger charge is 2.41. The summed E-state index contributed by atoms with van der Waals surface area (Å²) in [6, 6.07) is 5.65. The number of aliphatic hydroxyl groups is 1. The highest BCUT2D eigenvalue weighted by Crippen LogP contribution is 2.48. The Kier molecular flexibility index (Phi) is 5.52. The van der Waals surface area contributed by atoms with Crippen LogP contribution >= 0.6 is 27.5 Å². The van der Waals surface area contributed by atoms with Crippen LogP contribution in [-0.2, 0) is 0 Å². The molecule has 1 aromatic carbocycles. The van der Waals surface area contributed by atoms with Crippen molar-refractivity contribution in [2.45, 2.75) is 45.1 Å². The van der Waals surface area contributed by atoms with E-state index in [9.17, 15) is 5.11 Å². The van der Waals surface area contributed by atoms with Crippen molar-refractivity contribution >= 4 is 27.5 Å². The quantitative estimate of drug-likeness (QED) is 0.819. The summed E-state index contributed by atoms with van der Waals surface area (Å²) in [4.78, 5) is 0. The SMILES string of the molecule is CCC1CCCC(CN)(C(O)c2ccc(Cl)c(Br)c2)C1. The lowest BCUT2D eigenvalue weighted by Crippen LogP contribution is -2.41. The van der Waals surface area contributed by atoms with Crippen molar-refractivity contribution < 1.29 is 5.11 Å². The summed E-state index contributed by atoms with van der Waals surface area (Å²) in [5.74, 6) is 0.678. The second-order valence-electron chi connectivity index (χ2n) is 6.01. The van der Waals surface area contributed by atoms with E-state index in [-0.39, 0.29) is 5.41 Å². The molecule has 0 aliphatic heterocycles. The van der Waals surface area contributed by atoms with Gasteiger partial charge in [-0.25, -0.2) is 0 Å². The first-order valence-electron chi connectivity index (χ1n) is 7.35. The third-order valence-corrected chi connectivity index (χ3v) is 6.02. The fourth-order valence-corrected chi connectivity index (χ4v) is 3.97. The molecule has 0 aromatic heterocycles. The predicted molar refractivity (Wildman–Crippen MR) is 87.8 cm³/mol. The molecule has 4 heteroatoms. The van der Waals surface area contributed by atoms with Crippen molar-refractivity contribution in [3.63, 3.8) is 0 Å². The molecular weight excluding hydrogens is 338 g/mol. The normalized spacial score (nSPS) is 28.4. The van der Waals surface area contributed by atoms with E-state index >= 15 is 0 Å². The molecule has 2 nitrogen and oxygen atoms in total. The van der Waals surface area contributed by atoms with Crippen molar-refractivity contribution in [3.8, 4) is 0 Å². The molecule has 2 rings (SSSR count). The fraction of sp³-hybridized carbons (Fsp3) is 0.625. The number of aliphatic hydroxyl groups excluding tert-OH is 1. The molecule has 0 saturated heterocycles. The molecule has 112 valence electrons. The number of hydrogen-bond acceptors (Lipinski definition) is 2.